The van der Waals surface area contributed by atoms with Crippen molar-refractivity contribution in [3.63, 3.8) is 0 Å². The van der Waals surface area contributed by atoms with Gasteiger partial charge in [-0.15, -0.1) is 0 Å². The molecular weight excluding hydrogens is 294 g/mol. The van der Waals surface area contributed by atoms with E-state index in [0.29, 0.717) is 25.7 Å². The van der Waals surface area contributed by atoms with Gasteiger partial charge in [0.05, 0.1) is 18.8 Å². The van der Waals surface area contributed by atoms with Gasteiger partial charge in [-0.3, -0.25) is 9.48 Å². The van der Waals surface area contributed by atoms with Crippen LogP contribution in [0.2, 0.25) is 0 Å². The van der Waals surface area contributed by atoms with Gasteiger partial charge in [-0.1, -0.05) is 0 Å². The highest BCUT2D eigenvalue weighted by molar-refractivity contribution is 5.81. The van der Waals surface area contributed by atoms with Gasteiger partial charge in [-0.25, -0.2) is 0 Å². The molecule has 6 heteroatoms. The largest absolute Gasteiger partial charge is 0.381 e. The maximum absolute atomic E-state index is 12.8. The fraction of sp³-hybridized carbons (Fsp3) is 0.765. The Morgan fingerprint density at radius 1 is 1.26 bits per heavy atom. The zero-order valence-corrected chi connectivity index (χ0v) is 13.5. The molecule has 1 aromatic rings. The van der Waals surface area contributed by atoms with Crippen LogP contribution in [0, 0.1) is 11.8 Å². The van der Waals surface area contributed by atoms with E-state index in [1.54, 1.807) is 0 Å². The first kappa shape index (κ1) is 15.1. The first-order valence-corrected chi connectivity index (χ1v) is 8.78. The lowest BCUT2D eigenvalue weighted by Crippen LogP contribution is -2.41. The smallest absolute Gasteiger partial charge is 0.252 e. The van der Waals surface area contributed by atoms with Gasteiger partial charge in [0.15, 0.2) is 0 Å². The number of fused-ring (bicyclic) bond motifs is 1. The normalized spacial score (nSPS) is 27.7. The molecule has 2 fully saturated rings. The quantitative estimate of drug-likeness (QED) is 0.824. The van der Waals surface area contributed by atoms with Gasteiger partial charge in [0.25, 0.3) is 5.91 Å². The molecular formula is C17H25N3O3. The summed E-state index contributed by atoms with van der Waals surface area (Å²) in [4.78, 5) is 14.7. The molecule has 6 nitrogen and oxygen atoms in total. The molecule has 1 saturated carbocycles. The SMILES string of the molecule is O=C([C@@H]1CCCO1)N1Cc2ccnn2C[C@@H](COCC2CC2)C1. The predicted octanol–water partition coefficient (Wildman–Crippen LogP) is 1.45. The Morgan fingerprint density at radius 2 is 2.13 bits per heavy atom. The van der Waals surface area contributed by atoms with Crippen LogP contribution in [-0.2, 0) is 27.4 Å². The molecule has 0 spiro atoms. The summed E-state index contributed by atoms with van der Waals surface area (Å²) in [5.74, 6) is 1.19. The average Bonchev–Trinajstić information content (AvgIpc) is 3.07. The van der Waals surface area contributed by atoms with Crippen molar-refractivity contribution in [3.8, 4) is 0 Å². The molecule has 0 N–H and O–H groups in total. The Morgan fingerprint density at radius 3 is 2.91 bits per heavy atom. The third-order valence-corrected chi connectivity index (χ3v) is 4.99. The highest BCUT2D eigenvalue weighted by Gasteiger charge is 2.32. The maximum Gasteiger partial charge on any atom is 0.252 e. The van der Waals surface area contributed by atoms with Crippen LogP contribution >= 0.6 is 0 Å². The Kier molecular flexibility index (Phi) is 4.35. The van der Waals surface area contributed by atoms with Crippen molar-refractivity contribution in [1.29, 1.82) is 0 Å². The van der Waals surface area contributed by atoms with Crippen LogP contribution in [0.1, 0.15) is 31.4 Å². The minimum atomic E-state index is -0.252. The lowest BCUT2D eigenvalue weighted by atomic mass is 10.1. The molecule has 1 aromatic heterocycles. The van der Waals surface area contributed by atoms with E-state index in [4.69, 9.17) is 9.47 Å². The monoisotopic (exact) mass is 319 g/mol. The van der Waals surface area contributed by atoms with Crippen LogP contribution in [0.3, 0.4) is 0 Å². The van der Waals surface area contributed by atoms with Crippen molar-refractivity contribution < 1.29 is 14.3 Å². The fourth-order valence-electron chi connectivity index (χ4n) is 3.47. The Balaban J connectivity index is 1.43. The van der Waals surface area contributed by atoms with Crippen molar-refractivity contribution in [3.05, 3.63) is 18.0 Å². The first-order chi connectivity index (χ1) is 11.3. The van der Waals surface area contributed by atoms with Gasteiger partial charge >= 0.3 is 0 Å². The van der Waals surface area contributed by atoms with Gasteiger partial charge in [0, 0.05) is 38.4 Å². The Labute approximate surface area is 136 Å². The van der Waals surface area contributed by atoms with Crippen LogP contribution in [0.5, 0.6) is 0 Å². The number of hydrogen-bond acceptors (Lipinski definition) is 4. The summed E-state index contributed by atoms with van der Waals surface area (Å²) >= 11 is 0. The van der Waals surface area contributed by atoms with Gasteiger partial charge < -0.3 is 14.4 Å². The Bertz CT molecular complexity index is 549. The molecule has 3 aliphatic rings. The molecule has 1 amide bonds. The number of aromatic nitrogens is 2. The van der Waals surface area contributed by atoms with E-state index in [1.165, 1.54) is 12.8 Å². The van der Waals surface area contributed by atoms with E-state index < -0.39 is 0 Å². The van der Waals surface area contributed by atoms with E-state index in [9.17, 15) is 4.79 Å². The molecule has 2 atom stereocenters. The lowest BCUT2D eigenvalue weighted by molar-refractivity contribution is -0.142. The fourth-order valence-corrected chi connectivity index (χ4v) is 3.47. The third-order valence-electron chi connectivity index (χ3n) is 4.99. The second kappa shape index (κ2) is 6.61. The summed E-state index contributed by atoms with van der Waals surface area (Å²) in [6.45, 7) is 4.44. The topological polar surface area (TPSA) is 56.6 Å². The molecule has 2 aliphatic heterocycles. The number of nitrogens with zero attached hydrogens (tertiary/aromatic N) is 3. The molecule has 4 rings (SSSR count). The number of carbonyl (C=O) groups is 1. The summed E-state index contributed by atoms with van der Waals surface area (Å²) in [6.07, 6.45) is 6.00. The second-order valence-corrected chi connectivity index (χ2v) is 7.07. The molecule has 23 heavy (non-hydrogen) atoms. The number of amides is 1. The Hall–Kier alpha value is -1.40. The maximum atomic E-state index is 12.8. The molecule has 0 aromatic carbocycles. The van der Waals surface area contributed by atoms with Crippen molar-refractivity contribution in [1.82, 2.24) is 14.7 Å². The number of rotatable bonds is 5. The molecule has 1 saturated heterocycles. The van der Waals surface area contributed by atoms with Gasteiger partial charge in [-0.2, -0.15) is 5.10 Å². The minimum absolute atomic E-state index is 0.129. The van der Waals surface area contributed by atoms with E-state index in [1.807, 2.05) is 21.8 Å². The standard InChI is InChI=1S/C17H25N3O3/c21-17(16-2-1-7-23-16)19-8-14(12-22-11-13-3-4-13)9-20-15(10-19)5-6-18-20/h5-6,13-14,16H,1-4,7-12H2/t14-,16-/m0/s1. The zero-order valence-electron chi connectivity index (χ0n) is 13.5. The summed E-state index contributed by atoms with van der Waals surface area (Å²) in [5, 5.41) is 4.41. The molecule has 0 radical (unpaired) electrons. The third kappa shape index (κ3) is 3.58. The summed E-state index contributed by atoms with van der Waals surface area (Å²) < 4.78 is 13.5. The van der Waals surface area contributed by atoms with Crippen LogP contribution in [0.4, 0.5) is 0 Å². The summed E-state index contributed by atoms with van der Waals surface area (Å²) in [6, 6.07) is 2.00. The lowest BCUT2D eigenvalue weighted by Gasteiger charge is -2.26. The van der Waals surface area contributed by atoms with Crippen LogP contribution < -0.4 is 0 Å². The van der Waals surface area contributed by atoms with E-state index in [-0.39, 0.29) is 12.0 Å². The highest BCUT2D eigenvalue weighted by Crippen LogP contribution is 2.29. The number of ether oxygens (including phenoxy) is 2. The molecule has 3 heterocycles. The van der Waals surface area contributed by atoms with Crippen LogP contribution in [0.25, 0.3) is 0 Å². The molecule has 1 aliphatic carbocycles. The highest BCUT2D eigenvalue weighted by atomic mass is 16.5. The van der Waals surface area contributed by atoms with Gasteiger partial charge in [0.2, 0.25) is 0 Å². The van der Waals surface area contributed by atoms with Crippen LogP contribution in [0.15, 0.2) is 12.3 Å². The minimum Gasteiger partial charge on any atom is -0.381 e. The molecule has 0 bridgehead atoms. The van der Waals surface area contributed by atoms with Crippen molar-refractivity contribution in [2.24, 2.45) is 11.8 Å². The van der Waals surface area contributed by atoms with E-state index >= 15 is 0 Å². The van der Waals surface area contributed by atoms with Crippen molar-refractivity contribution >= 4 is 5.91 Å². The van der Waals surface area contributed by atoms with E-state index in [0.717, 1.165) is 44.1 Å². The number of carbonyl (C=O) groups excluding carboxylic acids is 1. The summed E-state index contributed by atoms with van der Waals surface area (Å²) in [7, 11) is 0. The number of hydrogen-bond donors (Lipinski definition) is 0. The average molecular weight is 319 g/mol. The second-order valence-electron chi connectivity index (χ2n) is 7.07. The zero-order chi connectivity index (χ0) is 15.6. The van der Waals surface area contributed by atoms with Gasteiger partial charge in [-0.05, 0) is 37.7 Å². The van der Waals surface area contributed by atoms with Crippen molar-refractivity contribution in [2.75, 3.05) is 26.4 Å². The molecule has 126 valence electrons. The predicted molar refractivity (Wildman–Crippen MR) is 83.7 cm³/mol. The summed E-state index contributed by atoms with van der Waals surface area (Å²) in [5.41, 5.74) is 1.10. The van der Waals surface area contributed by atoms with Crippen LogP contribution in [-0.4, -0.2) is 53.1 Å². The first-order valence-electron chi connectivity index (χ1n) is 8.78. The van der Waals surface area contributed by atoms with Crippen molar-refractivity contribution in [2.45, 2.75) is 44.9 Å². The molecule has 0 unspecified atom stereocenters. The van der Waals surface area contributed by atoms with E-state index in [2.05, 4.69) is 5.10 Å². The van der Waals surface area contributed by atoms with Gasteiger partial charge in [0.1, 0.15) is 6.10 Å².